The molecule has 51 heavy (non-hydrogen) atoms. The van der Waals surface area contributed by atoms with Crippen LogP contribution >= 0.6 is 0 Å². The quantitative estimate of drug-likeness (QED) is 0.0943. The zero-order chi connectivity index (χ0) is 36.0. The van der Waals surface area contributed by atoms with E-state index in [2.05, 4.69) is 14.7 Å². The van der Waals surface area contributed by atoms with Crippen molar-refractivity contribution in [1.82, 2.24) is 24.1 Å². The Bertz CT molecular complexity index is 2380. The molecule has 0 saturated carbocycles. The monoisotopic (exact) mass is 726 g/mol. The van der Waals surface area contributed by atoms with E-state index >= 15 is 0 Å². The molecule has 4 aromatic carbocycles. The third-order valence-corrected chi connectivity index (χ3v) is 10.2. The average Bonchev–Trinajstić information content (AvgIpc) is 3.78. The van der Waals surface area contributed by atoms with Crippen LogP contribution < -0.4 is 15.2 Å². The van der Waals surface area contributed by atoms with E-state index in [0.29, 0.717) is 49.3 Å². The van der Waals surface area contributed by atoms with E-state index in [4.69, 9.17) is 15.6 Å². The Morgan fingerprint density at radius 2 is 1.49 bits per heavy atom. The predicted molar refractivity (Wildman–Crippen MR) is 172 cm³/mol. The van der Waals surface area contributed by atoms with Crippen LogP contribution in [0, 0.1) is 23.3 Å². The summed E-state index contributed by atoms with van der Waals surface area (Å²) in [6.45, 7) is -4.56. The Morgan fingerprint density at radius 1 is 0.824 bits per heavy atom. The van der Waals surface area contributed by atoms with Gasteiger partial charge in [-0.1, -0.05) is 36.4 Å². The molecule has 2 N–H and O–H groups in total. The molecule has 1 fully saturated rings. The maximum atomic E-state index is 14.9. The summed E-state index contributed by atoms with van der Waals surface area (Å²) in [5, 5.41) is 5.27. The van der Waals surface area contributed by atoms with Crippen molar-refractivity contribution in [2.75, 3.05) is 18.8 Å². The molecule has 0 radical (unpaired) electrons. The SMILES string of the molecule is Nc1ncnc2c1c(-c1ccc(Oc3ccccc3)cc1)nn2-c1ccccc1C1CCN(S(=O)(=O)c2c(F)c(F)c(F)c(F)c2OC(F)F)C1. The number of anilines is 1. The van der Waals surface area contributed by atoms with Crippen LogP contribution in [0.15, 0.2) is 90.1 Å². The third kappa shape index (κ3) is 6.07. The van der Waals surface area contributed by atoms with Crippen molar-refractivity contribution in [2.45, 2.75) is 23.8 Å². The second-order valence-corrected chi connectivity index (χ2v) is 13.2. The molecule has 0 bridgehead atoms. The molecular weight excluding hydrogens is 702 g/mol. The van der Waals surface area contributed by atoms with Crippen LogP contribution in [0.4, 0.5) is 32.2 Å². The highest BCUT2D eigenvalue weighted by Gasteiger charge is 2.42. The number of aromatic nitrogens is 4. The van der Waals surface area contributed by atoms with Crippen LogP contribution in [0.3, 0.4) is 0 Å². The molecule has 262 valence electrons. The van der Waals surface area contributed by atoms with Crippen molar-refractivity contribution in [1.29, 1.82) is 0 Å². The first-order valence-electron chi connectivity index (χ1n) is 15.2. The minimum Gasteiger partial charge on any atom is -0.457 e. The second kappa shape index (κ2) is 13.2. The van der Waals surface area contributed by atoms with Gasteiger partial charge < -0.3 is 15.2 Å². The van der Waals surface area contributed by atoms with E-state index in [1.54, 1.807) is 48.5 Å². The number of ether oxygens (including phenoxy) is 2. The highest BCUT2D eigenvalue weighted by Crippen LogP contribution is 2.41. The van der Waals surface area contributed by atoms with Crippen molar-refractivity contribution < 1.29 is 44.2 Å². The molecule has 2 aromatic heterocycles. The highest BCUT2D eigenvalue weighted by atomic mass is 32.2. The zero-order valence-corrected chi connectivity index (χ0v) is 26.8. The standard InChI is InChI=1S/C34H24F6N6O4S/c35-25-26(36)28(38)31(30(27(25)37)50-34(39)40)51(47,48)45-15-14-19(16-45)22-8-4-5-9-23(22)46-33-24(32(41)42-17-43-33)29(44-46)18-10-12-21(13-11-18)49-20-6-2-1-3-7-20/h1-13,17,19,34H,14-16H2,(H2,41,42,43). The topological polar surface area (TPSA) is 125 Å². The smallest absolute Gasteiger partial charge is 0.387 e. The predicted octanol–water partition coefficient (Wildman–Crippen LogP) is 7.19. The van der Waals surface area contributed by atoms with Gasteiger partial charge in [-0.25, -0.2) is 36.2 Å². The molecule has 1 saturated heterocycles. The lowest BCUT2D eigenvalue weighted by molar-refractivity contribution is -0.0551. The van der Waals surface area contributed by atoms with E-state index < -0.39 is 56.5 Å². The molecule has 0 spiro atoms. The maximum Gasteiger partial charge on any atom is 0.387 e. The van der Waals surface area contributed by atoms with Gasteiger partial charge in [-0.05, 0) is 54.4 Å². The van der Waals surface area contributed by atoms with Crippen molar-refractivity contribution in [3.8, 4) is 34.2 Å². The number of nitrogen functional groups attached to an aromatic ring is 1. The Labute approximate surface area is 285 Å². The number of nitrogens with two attached hydrogens (primary N) is 1. The van der Waals surface area contributed by atoms with Gasteiger partial charge in [-0.2, -0.15) is 22.6 Å². The van der Waals surface area contributed by atoms with Gasteiger partial charge in [0.25, 0.3) is 0 Å². The summed E-state index contributed by atoms with van der Waals surface area (Å²) in [5.41, 5.74) is 8.74. The van der Waals surface area contributed by atoms with Gasteiger partial charge in [0.15, 0.2) is 27.9 Å². The lowest BCUT2D eigenvalue weighted by Gasteiger charge is -2.21. The number of hydrogen-bond acceptors (Lipinski definition) is 8. The minimum atomic E-state index is -5.24. The molecule has 0 aliphatic carbocycles. The van der Waals surface area contributed by atoms with E-state index in [9.17, 15) is 34.8 Å². The number of rotatable bonds is 9. The van der Waals surface area contributed by atoms with E-state index in [1.807, 2.05) is 30.3 Å². The molecule has 1 atom stereocenters. The van der Waals surface area contributed by atoms with Gasteiger partial charge in [-0.15, -0.1) is 0 Å². The molecule has 0 amide bonds. The number of nitrogens with zero attached hydrogens (tertiary/aromatic N) is 5. The first kappa shape index (κ1) is 33.8. The van der Waals surface area contributed by atoms with E-state index in [1.165, 1.54) is 11.0 Å². The number of alkyl halides is 2. The van der Waals surface area contributed by atoms with Crippen molar-refractivity contribution in [2.24, 2.45) is 0 Å². The van der Waals surface area contributed by atoms with Crippen molar-refractivity contribution in [3.05, 3.63) is 114 Å². The summed E-state index contributed by atoms with van der Waals surface area (Å²) in [6, 6.07) is 23.1. The van der Waals surface area contributed by atoms with Gasteiger partial charge in [0.05, 0.1) is 11.1 Å². The summed E-state index contributed by atoms with van der Waals surface area (Å²) >= 11 is 0. The molecule has 3 heterocycles. The number of fused-ring (bicyclic) bond motifs is 1. The van der Waals surface area contributed by atoms with Crippen LogP contribution in [-0.4, -0.2) is 52.2 Å². The lowest BCUT2D eigenvalue weighted by atomic mass is 9.96. The normalized spacial score (nSPS) is 15.2. The minimum absolute atomic E-state index is 0.112. The summed E-state index contributed by atoms with van der Waals surface area (Å²) in [5.74, 6) is -11.0. The summed E-state index contributed by atoms with van der Waals surface area (Å²) in [4.78, 5) is 6.69. The van der Waals surface area contributed by atoms with E-state index in [-0.39, 0.29) is 25.3 Å². The lowest BCUT2D eigenvalue weighted by Crippen LogP contribution is -2.31. The van der Waals surface area contributed by atoms with Crippen LogP contribution in [0.2, 0.25) is 0 Å². The first-order chi connectivity index (χ1) is 24.5. The summed E-state index contributed by atoms with van der Waals surface area (Å²) in [7, 11) is -5.24. The molecule has 6 aromatic rings. The first-order valence-corrected chi connectivity index (χ1v) is 16.6. The van der Waals surface area contributed by atoms with Crippen LogP contribution in [0.1, 0.15) is 17.9 Å². The fourth-order valence-electron chi connectivity index (χ4n) is 6.02. The molecule has 1 aliphatic rings. The second-order valence-electron chi connectivity index (χ2n) is 11.4. The van der Waals surface area contributed by atoms with Crippen molar-refractivity contribution in [3.63, 3.8) is 0 Å². The highest BCUT2D eigenvalue weighted by molar-refractivity contribution is 7.89. The Balaban J connectivity index is 1.24. The Kier molecular flexibility index (Phi) is 8.76. The summed E-state index contributed by atoms with van der Waals surface area (Å²) in [6.07, 6.45) is 1.37. The Hall–Kier alpha value is -5.68. The van der Waals surface area contributed by atoms with Crippen LogP contribution in [0.5, 0.6) is 17.2 Å². The van der Waals surface area contributed by atoms with Crippen LogP contribution in [-0.2, 0) is 10.0 Å². The number of para-hydroxylation sites is 2. The van der Waals surface area contributed by atoms with Gasteiger partial charge >= 0.3 is 6.61 Å². The fourth-order valence-corrected chi connectivity index (χ4v) is 7.69. The maximum absolute atomic E-state index is 14.9. The van der Waals surface area contributed by atoms with E-state index in [0.717, 1.165) is 0 Å². The van der Waals surface area contributed by atoms with Gasteiger partial charge in [0.1, 0.15) is 29.3 Å². The zero-order valence-electron chi connectivity index (χ0n) is 26.0. The Morgan fingerprint density at radius 3 is 2.22 bits per heavy atom. The fraction of sp³-hybridized carbons (Fsp3) is 0.147. The average molecular weight is 727 g/mol. The molecule has 10 nitrogen and oxygen atoms in total. The third-order valence-electron chi connectivity index (χ3n) is 8.34. The van der Waals surface area contributed by atoms with Crippen molar-refractivity contribution >= 4 is 26.9 Å². The molecule has 7 rings (SSSR count). The number of hydrogen-bond donors (Lipinski definition) is 1. The van der Waals surface area contributed by atoms with Gasteiger partial charge in [-0.3, -0.25) is 0 Å². The van der Waals surface area contributed by atoms with Crippen LogP contribution in [0.25, 0.3) is 28.0 Å². The number of benzene rings is 4. The number of sulfonamides is 1. The largest absolute Gasteiger partial charge is 0.457 e. The molecular formula is C34H24F6N6O4S. The number of halogens is 6. The summed E-state index contributed by atoms with van der Waals surface area (Å²) < 4.78 is 123. The molecule has 1 aliphatic heterocycles. The molecule has 1 unspecified atom stereocenters. The van der Waals surface area contributed by atoms with Gasteiger partial charge in [0, 0.05) is 24.6 Å². The van der Waals surface area contributed by atoms with Gasteiger partial charge in [0.2, 0.25) is 21.7 Å². The molecule has 17 heteroatoms.